The van der Waals surface area contributed by atoms with Crippen LogP contribution < -0.4 is 10.1 Å². The van der Waals surface area contributed by atoms with Crippen LogP contribution in [0.15, 0.2) is 42.7 Å². The fourth-order valence-electron chi connectivity index (χ4n) is 4.99. The number of ether oxygens (including phenoxy) is 2. The van der Waals surface area contributed by atoms with E-state index in [-0.39, 0.29) is 29.1 Å². The molecule has 1 fully saturated rings. The highest BCUT2D eigenvalue weighted by molar-refractivity contribution is 5.96. The summed E-state index contributed by atoms with van der Waals surface area (Å²) in [7, 11) is 1.67. The number of alkyl halides is 2. The van der Waals surface area contributed by atoms with E-state index in [1.54, 1.807) is 24.9 Å². The number of nitrogens with one attached hydrogen (secondary N) is 1. The zero-order chi connectivity index (χ0) is 29.1. The molecule has 0 unspecified atom stereocenters. The number of rotatable bonds is 7. The molecular formula is C28H25F2N9O3. The van der Waals surface area contributed by atoms with Crippen molar-refractivity contribution in [3.05, 3.63) is 70.9 Å². The number of hydrogen-bond acceptors (Lipinski definition) is 9. The molecule has 7 rings (SSSR count). The lowest BCUT2D eigenvalue weighted by Crippen LogP contribution is -2.38. The minimum atomic E-state index is -2.80. The maximum Gasteiger partial charge on any atom is 0.274 e. The lowest BCUT2D eigenvalue weighted by atomic mass is 10.2. The average molecular weight is 574 g/mol. The quantitative estimate of drug-likeness (QED) is 0.307. The molecule has 42 heavy (non-hydrogen) atoms. The van der Waals surface area contributed by atoms with Crippen molar-refractivity contribution in [2.24, 2.45) is 0 Å². The van der Waals surface area contributed by atoms with Crippen molar-refractivity contribution < 1.29 is 23.0 Å². The van der Waals surface area contributed by atoms with Gasteiger partial charge >= 0.3 is 0 Å². The number of anilines is 2. The Bertz CT molecular complexity index is 1850. The number of imidazole rings is 1. The van der Waals surface area contributed by atoms with Crippen LogP contribution in [0.5, 0.6) is 5.75 Å². The van der Waals surface area contributed by atoms with Crippen molar-refractivity contribution in [3.63, 3.8) is 0 Å². The summed E-state index contributed by atoms with van der Waals surface area (Å²) in [5.74, 6) is 1.11. The van der Waals surface area contributed by atoms with Gasteiger partial charge in [-0.15, -0.1) is 5.10 Å². The molecule has 1 aromatic carbocycles. The molecule has 0 bridgehead atoms. The lowest BCUT2D eigenvalue weighted by Gasteiger charge is -2.27. The highest BCUT2D eigenvalue weighted by Crippen LogP contribution is 2.35. The van der Waals surface area contributed by atoms with Crippen molar-refractivity contribution in [3.8, 4) is 17.4 Å². The van der Waals surface area contributed by atoms with Gasteiger partial charge in [-0.2, -0.15) is 10.2 Å². The molecule has 2 aliphatic rings. The number of aryl methyl sites for hydroxylation is 1. The fraction of sp³-hybridized carbons (Fsp3) is 0.286. The summed E-state index contributed by atoms with van der Waals surface area (Å²) in [6.45, 7) is 4.89. The van der Waals surface area contributed by atoms with Crippen molar-refractivity contribution >= 4 is 28.4 Å². The fourth-order valence-corrected chi connectivity index (χ4v) is 4.99. The van der Waals surface area contributed by atoms with Gasteiger partial charge in [0, 0.05) is 30.9 Å². The van der Waals surface area contributed by atoms with E-state index in [1.165, 1.54) is 21.7 Å². The van der Waals surface area contributed by atoms with Gasteiger partial charge in [0.05, 0.1) is 41.2 Å². The van der Waals surface area contributed by atoms with Gasteiger partial charge in [0.1, 0.15) is 24.0 Å². The molecule has 0 atom stereocenters. The Balaban J connectivity index is 1.32. The third-order valence-electron chi connectivity index (χ3n) is 7.37. The first-order chi connectivity index (χ1) is 20.3. The van der Waals surface area contributed by atoms with Gasteiger partial charge in [-0.1, -0.05) is 0 Å². The number of carbonyl (C=O) groups excluding carboxylic acids is 1. The first-order valence-electron chi connectivity index (χ1n) is 13.2. The number of fused-ring (bicyclic) bond motifs is 2. The summed E-state index contributed by atoms with van der Waals surface area (Å²) >= 11 is 0. The topological polar surface area (TPSA) is 125 Å². The monoisotopic (exact) mass is 573 g/mol. The molecule has 0 spiro atoms. The molecule has 4 aromatic heterocycles. The Morgan fingerprint density at radius 1 is 1.12 bits per heavy atom. The molecule has 0 saturated carbocycles. The number of nitrogens with zero attached hydrogens (tertiary/aromatic N) is 8. The Kier molecular flexibility index (Phi) is 6.08. The second kappa shape index (κ2) is 9.83. The van der Waals surface area contributed by atoms with E-state index in [2.05, 4.69) is 30.6 Å². The summed E-state index contributed by atoms with van der Waals surface area (Å²) in [4.78, 5) is 23.2. The SMILES string of the molecule is Cc1ccc(Nc2cc3ncn(-c4ccc(C(F)F)c(-n5nc6c(c5C)CN(C)C6=O)n4)c3cc2OC2COC2)nn1. The van der Waals surface area contributed by atoms with Crippen molar-refractivity contribution in [2.45, 2.75) is 32.9 Å². The molecule has 1 amide bonds. The van der Waals surface area contributed by atoms with Gasteiger partial charge in [0.15, 0.2) is 17.3 Å². The number of carbonyl (C=O) groups is 1. The van der Waals surface area contributed by atoms with E-state index in [4.69, 9.17) is 9.47 Å². The number of benzene rings is 1. The summed E-state index contributed by atoms with van der Waals surface area (Å²) in [5, 5.41) is 15.9. The normalized spacial score (nSPS) is 15.0. The third-order valence-corrected chi connectivity index (χ3v) is 7.37. The van der Waals surface area contributed by atoms with E-state index in [0.29, 0.717) is 65.1 Å². The number of halogens is 2. The molecule has 0 radical (unpaired) electrons. The van der Waals surface area contributed by atoms with E-state index in [0.717, 1.165) is 5.69 Å². The highest BCUT2D eigenvalue weighted by Gasteiger charge is 2.33. The molecule has 12 nitrogen and oxygen atoms in total. The molecule has 0 aliphatic carbocycles. The summed E-state index contributed by atoms with van der Waals surface area (Å²) < 4.78 is 42.8. The Hall–Kier alpha value is -4.98. The average Bonchev–Trinajstić information content (AvgIpc) is 3.60. The molecule has 1 saturated heterocycles. The molecule has 6 heterocycles. The predicted octanol–water partition coefficient (Wildman–Crippen LogP) is 4.06. The predicted molar refractivity (Wildman–Crippen MR) is 147 cm³/mol. The molecule has 2 aliphatic heterocycles. The Labute approximate surface area is 237 Å². The standard InChI is InChI=1S/C28H25F2N9O3/c1-14-4-6-23(35-34-14)32-20-8-19-21(9-22(20)42-16-11-41-12-16)38(13-31-19)24-7-5-17(26(29)30)27(33-24)39-15(2)18-10-37(3)28(40)25(18)36-39/h4-9,13,16,26H,10-12H2,1-3H3,(H,32,35). The number of pyridine rings is 1. The van der Waals surface area contributed by atoms with E-state index >= 15 is 0 Å². The molecule has 214 valence electrons. The van der Waals surface area contributed by atoms with Crippen LogP contribution in [-0.2, 0) is 11.3 Å². The van der Waals surface area contributed by atoms with Crippen LogP contribution in [0.3, 0.4) is 0 Å². The van der Waals surface area contributed by atoms with Crippen molar-refractivity contribution in [2.75, 3.05) is 25.6 Å². The van der Waals surface area contributed by atoms with Crippen LogP contribution in [0, 0.1) is 13.8 Å². The second-order valence-electron chi connectivity index (χ2n) is 10.3. The Morgan fingerprint density at radius 3 is 2.64 bits per heavy atom. The van der Waals surface area contributed by atoms with Crippen LogP contribution in [0.25, 0.3) is 22.7 Å². The smallest absolute Gasteiger partial charge is 0.274 e. The summed E-state index contributed by atoms with van der Waals surface area (Å²) in [5.41, 5.74) is 3.90. The number of hydrogen-bond donors (Lipinski definition) is 1. The van der Waals surface area contributed by atoms with Gasteiger partial charge in [-0.05, 0) is 44.2 Å². The molecule has 14 heteroatoms. The maximum absolute atomic E-state index is 14.2. The minimum absolute atomic E-state index is 0.0500. The molecule has 5 aromatic rings. The first kappa shape index (κ1) is 26.0. The summed E-state index contributed by atoms with van der Waals surface area (Å²) in [6, 6.07) is 10.1. The van der Waals surface area contributed by atoms with Crippen LogP contribution in [0.2, 0.25) is 0 Å². The zero-order valence-electron chi connectivity index (χ0n) is 22.9. The summed E-state index contributed by atoms with van der Waals surface area (Å²) in [6.07, 6.45) is -1.36. The minimum Gasteiger partial charge on any atom is -0.483 e. The number of amides is 1. The lowest BCUT2D eigenvalue weighted by molar-refractivity contribution is -0.0793. The third kappa shape index (κ3) is 4.31. The second-order valence-corrected chi connectivity index (χ2v) is 10.3. The van der Waals surface area contributed by atoms with Gasteiger partial charge in [-0.3, -0.25) is 9.36 Å². The van der Waals surface area contributed by atoms with Crippen LogP contribution in [0.1, 0.15) is 39.4 Å². The molecule has 1 N–H and O–H groups in total. The Morgan fingerprint density at radius 2 is 1.95 bits per heavy atom. The van der Waals surface area contributed by atoms with Crippen molar-refractivity contribution in [1.29, 1.82) is 0 Å². The first-order valence-corrected chi connectivity index (χ1v) is 13.2. The number of aromatic nitrogens is 7. The van der Waals surface area contributed by atoms with E-state index < -0.39 is 6.43 Å². The largest absolute Gasteiger partial charge is 0.483 e. The molecular weight excluding hydrogens is 548 g/mol. The van der Waals surface area contributed by atoms with Gasteiger partial charge in [-0.25, -0.2) is 23.4 Å². The van der Waals surface area contributed by atoms with Gasteiger partial charge in [0.25, 0.3) is 12.3 Å². The van der Waals surface area contributed by atoms with Crippen molar-refractivity contribution in [1.82, 2.24) is 39.4 Å². The van der Waals surface area contributed by atoms with E-state index in [1.807, 2.05) is 31.2 Å². The maximum atomic E-state index is 14.2. The van der Waals surface area contributed by atoms with Crippen LogP contribution in [-0.4, -0.2) is 71.7 Å². The zero-order valence-corrected chi connectivity index (χ0v) is 22.9. The van der Waals surface area contributed by atoms with Gasteiger partial charge in [0.2, 0.25) is 0 Å². The van der Waals surface area contributed by atoms with E-state index in [9.17, 15) is 13.6 Å². The van der Waals surface area contributed by atoms with Gasteiger partial charge < -0.3 is 19.7 Å². The van der Waals surface area contributed by atoms with Crippen LogP contribution in [0.4, 0.5) is 20.3 Å². The highest BCUT2D eigenvalue weighted by atomic mass is 19.3. The van der Waals surface area contributed by atoms with Crippen LogP contribution >= 0.6 is 0 Å².